The van der Waals surface area contributed by atoms with E-state index in [4.69, 9.17) is 14.2 Å². The number of hydrogen-bond acceptors (Lipinski definition) is 7. The van der Waals surface area contributed by atoms with Gasteiger partial charge in [0.2, 0.25) is 0 Å². The number of alkyl carbamates (subject to hydrolysis) is 1. The van der Waals surface area contributed by atoms with Gasteiger partial charge >= 0.3 is 12.1 Å². The molecule has 2 aliphatic heterocycles. The zero-order chi connectivity index (χ0) is 24.6. The summed E-state index contributed by atoms with van der Waals surface area (Å²) in [5, 5.41) is 9.66. The number of H-pyrrole nitrogens is 1. The lowest BCUT2D eigenvalue weighted by molar-refractivity contribution is -0.150. The van der Waals surface area contributed by atoms with E-state index in [9.17, 15) is 18.4 Å². The van der Waals surface area contributed by atoms with Gasteiger partial charge in [0.05, 0.1) is 31.6 Å². The van der Waals surface area contributed by atoms with Gasteiger partial charge in [0.1, 0.15) is 29.4 Å². The molecule has 1 saturated heterocycles. The molecule has 9 nitrogen and oxygen atoms in total. The topological polar surface area (TPSA) is 106 Å². The fourth-order valence-electron chi connectivity index (χ4n) is 4.53. The fraction of sp³-hybridized carbons (Fsp3) is 0.522. The summed E-state index contributed by atoms with van der Waals surface area (Å²) in [7, 11) is 1.31. The van der Waals surface area contributed by atoms with E-state index in [1.54, 1.807) is 27.0 Å². The maximum absolute atomic E-state index is 14.6. The second-order valence-electron chi connectivity index (χ2n) is 9.46. The summed E-state index contributed by atoms with van der Waals surface area (Å²) in [5.74, 6) is -1.71. The molecule has 4 rings (SSSR count). The smallest absolute Gasteiger partial charge is 0.407 e. The Bertz CT molecular complexity index is 1070. The van der Waals surface area contributed by atoms with Gasteiger partial charge in [-0.3, -0.25) is 10.00 Å². The highest BCUT2D eigenvalue weighted by molar-refractivity contribution is 5.78. The molecular weight excluding hydrogens is 450 g/mol. The SMILES string of the molecule is COC(=O)[C@@H]1c2cn[nH]c2CN1[C@H]1CO[C@H](c2cc(F)ccc2F)[C@@H](NC(=O)OC(C)(C)C)C1. The summed E-state index contributed by atoms with van der Waals surface area (Å²) in [6.45, 7) is 5.69. The monoisotopic (exact) mass is 478 g/mol. The van der Waals surface area contributed by atoms with Gasteiger partial charge in [-0.05, 0) is 45.4 Å². The number of amides is 1. The zero-order valence-electron chi connectivity index (χ0n) is 19.4. The van der Waals surface area contributed by atoms with Crippen molar-refractivity contribution in [2.75, 3.05) is 13.7 Å². The molecule has 11 heteroatoms. The maximum atomic E-state index is 14.6. The normalized spacial score (nSPS) is 25.0. The molecule has 184 valence electrons. The molecule has 0 bridgehead atoms. The Kier molecular flexibility index (Phi) is 6.59. The summed E-state index contributed by atoms with van der Waals surface area (Å²) in [6, 6.07) is 1.33. The zero-order valence-corrected chi connectivity index (χ0v) is 19.4. The van der Waals surface area contributed by atoms with Crippen LogP contribution in [-0.2, 0) is 25.5 Å². The van der Waals surface area contributed by atoms with Crippen molar-refractivity contribution in [3.63, 3.8) is 0 Å². The first-order valence-corrected chi connectivity index (χ1v) is 11.0. The number of halogens is 2. The lowest BCUT2D eigenvalue weighted by Crippen LogP contribution is -2.53. The summed E-state index contributed by atoms with van der Waals surface area (Å²) in [4.78, 5) is 27.1. The van der Waals surface area contributed by atoms with Gasteiger partial charge in [-0.15, -0.1) is 0 Å². The van der Waals surface area contributed by atoms with Crippen molar-refractivity contribution >= 4 is 12.1 Å². The molecule has 3 heterocycles. The number of nitrogens with one attached hydrogen (secondary N) is 2. The Labute approximate surface area is 195 Å². The standard InChI is InChI=1S/C23H28F2N4O5/c1-23(2,3)34-22(31)27-17-8-13(11-33-20(17)14-7-12(24)5-6-16(14)25)29-10-18-15(9-26-28-18)19(29)21(30)32-4/h5-7,9,13,17,19-20H,8,10-11H2,1-4H3,(H,26,28)(H,27,31)/t13-,17+,19+,20-/m1/s1. The number of aromatic amines is 1. The van der Waals surface area contributed by atoms with Crippen LogP contribution in [0.15, 0.2) is 24.4 Å². The lowest BCUT2D eigenvalue weighted by Gasteiger charge is -2.41. The molecule has 1 aromatic carbocycles. The largest absolute Gasteiger partial charge is 0.468 e. The molecular formula is C23H28F2N4O5. The Morgan fingerprint density at radius 2 is 2.03 bits per heavy atom. The third-order valence-corrected chi connectivity index (χ3v) is 5.94. The molecule has 2 aromatic rings. The Morgan fingerprint density at radius 1 is 1.26 bits per heavy atom. The van der Waals surface area contributed by atoms with Crippen molar-refractivity contribution in [3.05, 3.63) is 52.9 Å². The van der Waals surface area contributed by atoms with E-state index in [0.717, 1.165) is 23.9 Å². The second-order valence-corrected chi connectivity index (χ2v) is 9.46. The maximum Gasteiger partial charge on any atom is 0.407 e. The number of nitrogens with zero attached hydrogens (tertiary/aromatic N) is 2. The number of carbonyl (C=O) groups excluding carboxylic acids is 2. The van der Waals surface area contributed by atoms with Crippen LogP contribution in [0.1, 0.15) is 56.2 Å². The molecule has 2 aliphatic rings. The van der Waals surface area contributed by atoms with Gasteiger partial charge in [-0.25, -0.2) is 18.4 Å². The molecule has 1 amide bonds. The molecule has 0 aliphatic carbocycles. The van der Waals surface area contributed by atoms with E-state index in [0.29, 0.717) is 18.5 Å². The van der Waals surface area contributed by atoms with Crippen LogP contribution in [0.4, 0.5) is 13.6 Å². The van der Waals surface area contributed by atoms with Crippen LogP contribution in [-0.4, -0.2) is 58.6 Å². The molecule has 0 radical (unpaired) electrons. The van der Waals surface area contributed by atoms with Crippen LogP contribution >= 0.6 is 0 Å². The molecule has 0 saturated carbocycles. The average molecular weight is 478 g/mol. The minimum atomic E-state index is -0.946. The first-order chi connectivity index (χ1) is 16.1. The average Bonchev–Trinajstić information content (AvgIpc) is 3.35. The quantitative estimate of drug-likeness (QED) is 0.651. The molecule has 0 spiro atoms. The van der Waals surface area contributed by atoms with Gasteiger partial charge in [0, 0.05) is 23.7 Å². The number of fused-ring (bicyclic) bond motifs is 1. The number of hydrogen-bond donors (Lipinski definition) is 2. The van der Waals surface area contributed by atoms with Crippen molar-refractivity contribution in [1.82, 2.24) is 20.4 Å². The van der Waals surface area contributed by atoms with Gasteiger partial charge in [-0.1, -0.05) is 0 Å². The van der Waals surface area contributed by atoms with Crippen LogP contribution < -0.4 is 5.32 Å². The number of rotatable bonds is 4. The number of methoxy groups -OCH3 is 1. The van der Waals surface area contributed by atoms with E-state index >= 15 is 0 Å². The minimum Gasteiger partial charge on any atom is -0.468 e. The number of ether oxygens (including phenoxy) is 3. The first kappa shape index (κ1) is 24.1. The van der Waals surface area contributed by atoms with E-state index in [-0.39, 0.29) is 18.2 Å². The van der Waals surface area contributed by atoms with Crippen molar-refractivity contribution < 1.29 is 32.6 Å². The number of aromatic nitrogens is 2. The van der Waals surface area contributed by atoms with E-state index in [1.807, 2.05) is 4.90 Å². The van der Waals surface area contributed by atoms with Gasteiger partial charge < -0.3 is 19.5 Å². The first-order valence-electron chi connectivity index (χ1n) is 11.0. The van der Waals surface area contributed by atoms with Crippen LogP contribution in [0, 0.1) is 11.6 Å². The third-order valence-electron chi connectivity index (χ3n) is 5.94. The fourth-order valence-corrected chi connectivity index (χ4v) is 4.53. The number of carbonyl (C=O) groups is 2. The van der Waals surface area contributed by atoms with Crippen LogP contribution in [0.2, 0.25) is 0 Å². The predicted octanol–water partition coefficient (Wildman–Crippen LogP) is 3.14. The van der Waals surface area contributed by atoms with E-state index in [2.05, 4.69) is 15.5 Å². The van der Waals surface area contributed by atoms with Crippen LogP contribution in [0.5, 0.6) is 0 Å². The summed E-state index contributed by atoms with van der Waals surface area (Å²) in [5.41, 5.74) is 0.742. The number of benzene rings is 1. The summed E-state index contributed by atoms with van der Waals surface area (Å²) >= 11 is 0. The molecule has 1 fully saturated rings. The molecule has 4 atom stereocenters. The highest BCUT2D eigenvalue weighted by Crippen LogP contribution is 2.40. The molecule has 2 N–H and O–H groups in total. The molecule has 34 heavy (non-hydrogen) atoms. The molecule has 1 aromatic heterocycles. The molecule has 0 unspecified atom stereocenters. The Balaban J connectivity index is 1.61. The lowest BCUT2D eigenvalue weighted by atomic mass is 9.92. The summed E-state index contributed by atoms with van der Waals surface area (Å²) in [6.07, 6.45) is 0.231. The van der Waals surface area contributed by atoms with Crippen molar-refractivity contribution in [2.45, 2.75) is 63.6 Å². The van der Waals surface area contributed by atoms with Gasteiger partial charge in [0.25, 0.3) is 0 Å². The number of esters is 1. The van der Waals surface area contributed by atoms with Gasteiger partial charge in [-0.2, -0.15) is 5.10 Å². The predicted molar refractivity (Wildman–Crippen MR) is 116 cm³/mol. The van der Waals surface area contributed by atoms with Crippen molar-refractivity contribution in [1.29, 1.82) is 0 Å². The van der Waals surface area contributed by atoms with E-state index < -0.39 is 47.5 Å². The van der Waals surface area contributed by atoms with E-state index in [1.165, 1.54) is 7.11 Å². The highest BCUT2D eigenvalue weighted by atomic mass is 19.1. The second kappa shape index (κ2) is 9.30. The van der Waals surface area contributed by atoms with Crippen LogP contribution in [0.25, 0.3) is 0 Å². The Hall–Kier alpha value is -3.05. The minimum absolute atomic E-state index is 0.000122. The van der Waals surface area contributed by atoms with Crippen LogP contribution in [0.3, 0.4) is 0 Å². The van der Waals surface area contributed by atoms with Crippen molar-refractivity contribution in [2.24, 2.45) is 0 Å². The third kappa shape index (κ3) is 4.90. The Morgan fingerprint density at radius 3 is 2.74 bits per heavy atom. The highest BCUT2D eigenvalue weighted by Gasteiger charge is 2.45. The van der Waals surface area contributed by atoms with Crippen molar-refractivity contribution in [3.8, 4) is 0 Å². The summed E-state index contributed by atoms with van der Waals surface area (Å²) < 4.78 is 44.9. The van der Waals surface area contributed by atoms with Gasteiger partial charge in [0.15, 0.2) is 0 Å².